The van der Waals surface area contributed by atoms with Crippen LogP contribution in [0.25, 0.3) is 0 Å². The number of nitrogens with one attached hydrogen (secondary N) is 1. The lowest BCUT2D eigenvalue weighted by Gasteiger charge is -2.20. The number of carbonyl (C=O) groups excluding carboxylic acids is 2. The van der Waals surface area contributed by atoms with Gasteiger partial charge < -0.3 is 15.0 Å². The van der Waals surface area contributed by atoms with Gasteiger partial charge in [-0.2, -0.15) is 0 Å². The number of benzene rings is 2. The molecule has 6 heteroatoms. The third-order valence-electron chi connectivity index (χ3n) is 4.40. The molecule has 1 atom stereocenters. The Morgan fingerprint density at radius 1 is 1.27 bits per heavy atom. The first-order valence-corrected chi connectivity index (χ1v) is 8.93. The Morgan fingerprint density at radius 3 is 2.81 bits per heavy atom. The number of likely N-dealkylation sites (N-methyl/N-ethyl adjacent to an activating group) is 1. The lowest BCUT2D eigenvalue weighted by Crippen LogP contribution is -2.42. The van der Waals surface area contributed by atoms with E-state index in [-0.39, 0.29) is 18.4 Å². The molecule has 0 spiro atoms. The van der Waals surface area contributed by atoms with Crippen molar-refractivity contribution in [3.05, 3.63) is 58.6 Å². The zero-order chi connectivity index (χ0) is 18.7. The van der Waals surface area contributed by atoms with Crippen molar-refractivity contribution in [2.45, 2.75) is 25.9 Å². The van der Waals surface area contributed by atoms with Crippen molar-refractivity contribution in [2.24, 2.45) is 0 Å². The van der Waals surface area contributed by atoms with Crippen LogP contribution in [-0.4, -0.2) is 36.4 Å². The lowest BCUT2D eigenvalue weighted by atomic mass is 10.1. The van der Waals surface area contributed by atoms with Crippen molar-refractivity contribution >= 4 is 29.1 Å². The number of carbonyl (C=O) groups is 2. The van der Waals surface area contributed by atoms with E-state index in [1.807, 2.05) is 31.2 Å². The summed E-state index contributed by atoms with van der Waals surface area (Å²) in [5.41, 5.74) is 2.74. The van der Waals surface area contributed by atoms with E-state index in [4.69, 9.17) is 16.3 Å². The first-order chi connectivity index (χ1) is 12.5. The first kappa shape index (κ1) is 18.3. The molecule has 0 aromatic heterocycles. The van der Waals surface area contributed by atoms with Crippen LogP contribution in [0, 0.1) is 0 Å². The van der Waals surface area contributed by atoms with Gasteiger partial charge in [-0.1, -0.05) is 36.7 Å². The van der Waals surface area contributed by atoms with E-state index >= 15 is 0 Å². The molecule has 3 rings (SSSR count). The highest BCUT2D eigenvalue weighted by Crippen LogP contribution is 2.31. The van der Waals surface area contributed by atoms with Crippen LogP contribution in [0.1, 0.15) is 18.1 Å². The number of hydrogen-bond acceptors (Lipinski definition) is 3. The van der Waals surface area contributed by atoms with E-state index in [1.54, 1.807) is 25.2 Å². The number of ether oxygens (including phenoxy) is 1. The van der Waals surface area contributed by atoms with Gasteiger partial charge in [-0.25, -0.2) is 0 Å². The highest BCUT2D eigenvalue weighted by molar-refractivity contribution is 6.30. The van der Waals surface area contributed by atoms with Crippen molar-refractivity contribution in [3.63, 3.8) is 0 Å². The molecule has 5 nitrogen and oxygen atoms in total. The predicted molar refractivity (Wildman–Crippen MR) is 102 cm³/mol. The van der Waals surface area contributed by atoms with Gasteiger partial charge >= 0.3 is 0 Å². The Labute approximate surface area is 157 Å². The molecule has 1 N–H and O–H groups in total. The monoisotopic (exact) mass is 372 g/mol. The van der Waals surface area contributed by atoms with Crippen LogP contribution < -0.4 is 10.1 Å². The van der Waals surface area contributed by atoms with Crippen molar-refractivity contribution in [2.75, 3.05) is 18.9 Å². The van der Waals surface area contributed by atoms with Crippen LogP contribution in [0.3, 0.4) is 0 Å². The quantitative estimate of drug-likeness (QED) is 0.876. The summed E-state index contributed by atoms with van der Waals surface area (Å²) in [6.45, 7) is 2.00. The minimum atomic E-state index is -0.621. The average molecular weight is 373 g/mol. The number of amides is 2. The van der Waals surface area contributed by atoms with Crippen molar-refractivity contribution in [1.82, 2.24) is 4.90 Å². The zero-order valence-electron chi connectivity index (χ0n) is 14.8. The topological polar surface area (TPSA) is 58.6 Å². The predicted octanol–water partition coefficient (Wildman–Crippen LogP) is 3.30. The summed E-state index contributed by atoms with van der Waals surface area (Å²) < 4.78 is 5.70. The number of rotatable bonds is 5. The summed E-state index contributed by atoms with van der Waals surface area (Å²) in [6, 6.07) is 12.9. The SMILES string of the molecule is CCc1ccccc1NC(=O)CN(C)C(=O)[C@@H]1Cc2cc(Cl)ccc2O1. The average Bonchev–Trinajstić information content (AvgIpc) is 3.04. The van der Waals surface area contributed by atoms with Crippen LogP contribution in [0.5, 0.6) is 5.75 Å². The van der Waals surface area contributed by atoms with Gasteiger partial charge in [-0.3, -0.25) is 9.59 Å². The molecule has 0 radical (unpaired) electrons. The molecular weight excluding hydrogens is 352 g/mol. The Bertz CT molecular complexity index is 838. The van der Waals surface area contributed by atoms with E-state index in [2.05, 4.69) is 5.32 Å². The number of fused-ring (bicyclic) bond motifs is 1. The van der Waals surface area contributed by atoms with Gasteiger partial charge in [0.25, 0.3) is 5.91 Å². The molecule has 136 valence electrons. The van der Waals surface area contributed by atoms with E-state index < -0.39 is 6.10 Å². The van der Waals surface area contributed by atoms with E-state index in [9.17, 15) is 9.59 Å². The largest absolute Gasteiger partial charge is 0.480 e. The molecule has 0 fully saturated rings. The molecule has 0 aliphatic carbocycles. The molecule has 0 unspecified atom stereocenters. The number of para-hydroxylation sites is 1. The van der Waals surface area contributed by atoms with Crippen LogP contribution in [0.2, 0.25) is 5.02 Å². The van der Waals surface area contributed by atoms with Crippen LogP contribution in [0.15, 0.2) is 42.5 Å². The minimum Gasteiger partial charge on any atom is -0.480 e. The lowest BCUT2D eigenvalue weighted by molar-refractivity contribution is -0.139. The molecule has 2 aromatic carbocycles. The maximum absolute atomic E-state index is 12.6. The second-order valence-corrected chi connectivity index (χ2v) is 6.75. The molecule has 2 aromatic rings. The third-order valence-corrected chi connectivity index (χ3v) is 4.64. The standard InChI is InChI=1S/C20H21ClN2O3/c1-3-13-6-4-5-7-16(13)22-19(24)12-23(2)20(25)18-11-14-10-15(21)8-9-17(14)26-18/h4-10,18H,3,11-12H2,1-2H3,(H,22,24)/t18-/m0/s1. The molecular formula is C20H21ClN2O3. The van der Waals surface area contributed by atoms with Gasteiger partial charge in [0.2, 0.25) is 5.91 Å². The first-order valence-electron chi connectivity index (χ1n) is 8.55. The van der Waals surface area contributed by atoms with E-state index in [1.165, 1.54) is 4.90 Å². The number of nitrogens with zero attached hydrogens (tertiary/aromatic N) is 1. The summed E-state index contributed by atoms with van der Waals surface area (Å²) in [5, 5.41) is 3.48. The molecule has 1 heterocycles. The Kier molecular flexibility index (Phi) is 5.47. The molecule has 1 aliphatic heterocycles. The fraction of sp³-hybridized carbons (Fsp3) is 0.300. The van der Waals surface area contributed by atoms with Gasteiger partial charge in [0.15, 0.2) is 6.10 Å². The van der Waals surface area contributed by atoms with Crippen LogP contribution in [0.4, 0.5) is 5.69 Å². The maximum Gasteiger partial charge on any atom is 0.264 e. The normalized spacial score (nSPS) is 15.1. The summed E-state index contributed by atoms with van der Waals surface area (Å²) in [6.07, 6.45) is 0.658. The van der Waals surface area contributed by atoms with Crippen molar-refractivity contribution in [3.8, 4) is 5.75 Å². The van der Waals surface area contributed by atoms with E-state index in [0.717, 1.165) is 23.2 Å². The second kappa shape index (κ2) is 7.79. The number of hydrogen-bond donors (Lipinski definition) is 1. The van der Waals surface area contributed by atoms with Crippen LogP contribution >= 0.6 is 11.6 Å². The smallest absolute Gasteiger partial charge is 0.264 e. The van der Waals surface area contributed by atoms with Gasteiger partial charge in [-0.05, 0) is 41.8 Å². The number of aryl methyl sites for hydroxylation is 1. The van der Waals surface area contributed by atoms with E-state index in [0.29, 0.717) is 17.2 Å². The summed E-state index contributed by atoms with van der Waals surface area (Å²) in [7, 11) is 1.60. The Balaban J connectivity index is 1.59. The second-order valence-electron chi connectivity index (χ2n) is 6.32. The fourth-order valence-corrected chi connectivity index (χ4v) is 3.23. The number of halogens is 1. The molecule has 26 heavy (non-hydrogen) atoms. The summed E-state index contributed by atoms with van der Waals surface area (Å²) in [4.78, 5) is 26.3. The van der Waals surface area contributed by atoms with Crippen molar-refractivity contribution in [1.29, 1.82) is 0 Å². The van der Waals surface area contributed by atoms with Gasteiger partial charge in [0.1, 0.15) is 5.75 Å². The molecule has 0 saturated carbocycles. The highest BCUT2D eigenvalue weighted by atomic mass is 35.5. The van der Waals surface area contributed by atoms with Gasteiger partial charge in [0, 0.05) is 24.2 Å². The third kappa shape index (κ3) is 3.99. The molecule has 0 bridgehead atoms. The summed E-state index contributed by atoms with van der Waals surface area (Å²) >= 11 is 5.98. The molecule has 2 amide bonds. The highest BCUT2D eigenvalue weighted by Gasteiger charge is 2.31. The van der Waals surface area contributed by atoms with Crippen molar-refractivity contribution < 1.29 is 14.3 Å². The maximum atomic E-state index is 12.6. The Hall–Kier alpha value is -2.53. The van der Waals surface area contributed by atoms with Gasteiger partial charge in [0.05, 0.1) is 6.54 Å². The molecule has 0 saturated heterocycles. The number of anilines is 1. The Morgan fingerprint density at radius 2 is 2.04 bits per heavy atom. The van der Waals surface area contributed by atoms with Crippen LogP contribution in [-0.2, 0) is 22.4 Å². The molecule has 1 aliphatic rings. The minimum absolute atomic E-state index is 0.0339. The van der Waals surface area contributed by atoms with Gasteiger partial charge in [-0.15, -0.1) is 0 Å². The summed E-state index contributed by atoms with van der Waals surface area (Å²) in [5.74, 6) is 0.207. The fourth-order valence-electron chi connectivity index (χ4n) is 3.03. The zero-order valence-corrected chi connectivity index (χ0v) is 15.5.